The molecule has 0 aliphatic heterocycles. The van der Waals surface area contributed by atoms with Crippen molar-refractivity contribution in [2.75, 3.05) is 7.05 Å². The molecule has 2 nitrogen and oxygen atoms in total. The Hall–Kier alpha value is -1.26. The Morgan fingerprint density at radius 1 is 1.37 bits per heavy atom. The van der Waals surface area contributed by atoms with E-state index in [1.165, 1.54) is 11.6 Å². The van der Waals surface area contributed by atoms with Gasteiger partial charge in [0, 0.05) is 6.20 Å². The molecule has 1 aromatic heterocycles. The zero-order valence-corrected chi connectivity index (χ0v) is 12.5. The largest absolute Gasteiger partial charge is 0.311 e. The highest BCUT2D eigenvalue weighted by atomic mass is 79.9. The van der Waals surface area contributed by atoms with Crippen LogP contribution in [0.15, 0.2) is 41.0 Å². The van der Waals surface area contributed by atoms with Gasteiger partial charge in [-0.1, -0.05) is 12.1 Å². The van der Waals surface area contributed by atoms with Gasteiger partial charge in [-0.3, -0.25) is 4.98 Å². The number of aryl methyl sites for hydroxylation is 1. The number of hydrogen-bond acceptors (Lipinski definition) is 2. The van der Waals surface area contributed by atoms with Gasteiger partial charge >= 0.3 is 0 Å². The van der Waals surface area contributed by atoms with Crippen molar-refractivity contribution in [2.24, 2.45) is 0 Å². The highest BCUT2D eigenvalue weighted by Gasteiger charge is 2.14. The molecule has 0 spiro atoms. The lowest BCUT2D eigenvalue weighted by molar-refractivity contribution is 0.567. The van der Waals surface area contributed by atoms with Crippen LogP contribution in [0.5, 0.6) is 0 Å². The minimum Gasteiger partial charge on any atom is -0.311 e. The molecular weight excluding hydrogens is 307 g/mol. The number of nitrogens with zero attached hydrogens (tertiary/aromatic N) is 1. The molecular formula is C15H16BrFN2. The number of aromatic nitrogens is 1. The summed E-state index contributed by atoms with van der Waals surface area (Å²) in [6, 6.07) is 9.19. The van der Waals surface area contributed by atoms with Crippen LogP contribution in [-0.2, 0) is 6.42 Å². The standard InChI is InChI=1S/C15H16BrFN2/c1-10-6-7-19-14(8-10)13(18-2)9-11-4-3-5-12(17)15(11)16/h3-8,13,18H,9H2,1-2H3. The monoisotopic (exact) mass is 322 g/mol. The maximum atomic E-state index is 13.5. The molecule has 1 unspecified atom stereocenters. The third kappa shape index (κ3) is 3.39. The second kappa shape index (κ2) is 6.26. The number of hydrogen-bond donors (Lipinski definition) is 1. The summed E-state index contributed by atoms with van der Waals surface area (Å²) in [5.41, 5.74) is 3.07. The lowest BCUT2D eigenvalue weighted by atomic mass is 10.0. The minimum absolute atomic E-state index is 0.0676. The molecule has 1 atom stereocenters. The fourth-order valence-corrected chi connectivity index (χ4v) is 2.46. The molecule has 19 heavy (non-hydrogen) atoms. The van der Waals surface area contributed by atoms with Crippen LogP contribution in [0.2, 0.25) is 0 Å². The maximum absolute atomic E-state index is 13.5. The Bertz CT molecular complexity index is 572. The molecule has 0 radical (unpaired) electrons. The van der Waals surface area contributed by atoms with Crippen LogP contribution in [0.4, 0.5) is 4.39 Å². The topological polar surface area (TPSA) is 24.9 Å². The van der Waals surface area contributed by atoms with Crippen molar-refractivity contribution in [3.63, 3.8) is 0 Å². The summed E-state index contributed by atoms with van der Waals surface area (Å²) in [5, 5.41) is 3.23. The van der Waals surface area contributed by atoms with Crippen molar-refractivity contribution in [3.05, 3.63) is 63.6 Å². The molecule has 2 aromatic rings. The molecule has 0 fully saturated rings. The zero-order chi connectivity index (χ0) is 13.8. The molecule has 1 aromatic carbocycles. The van der Waals surface area contributed by atoms with Crippen molar-refractivity contribution in [2.45, 2.75) is 19.4 Å². The average Bonchev–Trinajstić information content (AvgIpc) is 2.40. The van der Waals surface area contributed by atoms with E-state index in [1.54, 1.807) is 12.3 Å². The van der Waals surface area contributed by atoms with E-state index < -0.39 is 0 Å². The number of pyridine rings is 1. The average molecular weight is 323 g/mol. The van der Waals surface area contributed by atoms with Gasteiger partial charge in [-0.05, 0) is 65.6 Å². The van der Waals surface area contributed by atoms with Crippen molar-refractivity contribution in [3.8, 4) is 0 Å². The summed E-state index contributed by atoms with van der Waals surface area (Å²) in [6.07, 6.45) is 2.49. The second-order valence-corrected chi connectivity index (χ2v) is 5.31. The van der Waals surface area contributed by atoms with E-state index in [1.807, 2.05) is 32.2 Å². The predicted octanol–water partition coefficient (Wildman–Crippen LogP) is 3.79. The molecule has 4 heteroatoms. The molecule has 0 aliphatic carbocycles. The lowest BCUT2D eigenvalue weighted by Gasteiger charge is -2.17. The molecule has 0 saturated heterocycles. The van der Waals surface area contributed by atoms with Gasteiger partial charge in [-0.2, -0.15) is 0 Å². The van der Waals surface area contributed by atoms with Gasteiger partial charge in [-0.15, -0.1) is 0 Å². The molecule has 1 N–H and O–H groups in total. The lowest BCUT2D eigenvalue weighted by Crippen LogP contribution is -2.20. The molecule has 0 saturated carbocycles. The second-order valence-electron chi connectivity index (χ2n) is 4.52. The summed E-state index contributed by atoms with van der Waals surface area (Å²) in [7, 11) is 1.89. The van der Waals surface area contributed by atoms with Crippen molar-refractivity contribution in [1.82, 2.24) is 10.3 Å². The van der Waals surface area contributed by atoms with Gasteiger partial charge in [0.25, 0.3) is 0 Å². The van der Waals surface area contributed by atoms with Gasteiger partial charge in [0.05, 0.1) is 16.2 Å². The van der Waals surface area contributed by atoms with E-state index in [4.69, 9.17) is 0 Å². The van der Waals surface area contributed by atoms with Crippen LogP contribution in [0.3, 0.4) is 0 Å². The third-order valence-corrected chi connectivity index (χ3v) is 3.99. The third-order valence-electron chi connectivity index (χ3n) is 3.10. The van der Waals surface area contributed by atoms with Gasteiger partial charge in [0.2, 0.25) is 0 Å². The quantitative estimate of drug-likeness (QED) is 0.926. The molecule has 2 rings (SSSR count). The van der Waals surface area contributed by atoms with Gasteiger partial charge in [0.15, 0.2) is 0 Å². The highest BCUT2D eigenvalue weighted by molar-refractivity contribution is 9.10. The Morgan fingerprint density at radius 2 is 2.16 bits per heavy atom. The van der Waals surface area contributed by atoms with E-state index in [0.717, 1.165) is 11.3 Å². The van der Waals surface area contributed by atoms with Crippen LogP contribution in [0.25, 0.3) is 0 Å². The predicted molar refractivity (Wildman–Crippen MR) is 78.6 cm³/mol. The van der Waals surface area contributed by atoms with E-state index in [2.05, 4.69) is 26.2 Å². The molecule has 0 bridgehead atoms. The van der Waals surface area contributed by atoms with Crippen LogP contribution in [-0.4, -0.2) is 12.0 Å². The SMILES string of the molecule is CNC(Cc1cccc(F)c1Br)c1cc(C)ccn1. The van der Waals surface area contributed by atoms with Gasteiger partial charge in [-0.25, -0.2) is 4.39 Å². The van der Waals surface area contributed by atoms with Crippen LogP contribution < -0.4 is 5.32 Å². The van der Waals surface area contributed by atoms with Crippen LogP contribution >= 0.6 is 15.9 Å². The smallest absolute Gasteiger partial charge is 0.137 e. The van der Waals surface area contributed by atoms with Crippen molar-refractivity contribution < 1.29 is 4.39 Å². The maximum Gasteiger partial charge on any atom is 0.137 e. The highest BCUT2D eigenvalue weighted by Crippen LogP contribution is 2.25. The Kier molecular flexibility index (Phi) is 4.66. The number of rotatable bonds is 4. The first-order chi connectivity index (χ1) is 9.11. The molecule has 100 valence electrons. The summed E-state index contributed by atoms with van der Waals surface area (Å²) in [6.45, 7) is 2.04. The summed E-state index contributed by atoms with van der Waals surface area (Å²) in [5.74, 6) is -0.232. The number of halogens is 2. The van der Waals surface area contributed by atoms with E-state index in [-0.39, 0.29) is 11.9 Å². The first-order valence-corrected chi connectivity index (χ1v) is 6.94. The van der Waals surface area contributed by atoms with Crippen LogP contribution in [0.1, 0.15) is 22.9 Å². The van der Waals surface area contributed by atoms with Crippen molar-refractivity contribution >= 4 is 15.9 Å². The van der Waals surface area contributed by atoms with E-state index in [0.29, 0.717) is 10.9 Å². The first-order valence-electron chi connectivity index (χ1n) is 6.14. The fraction of sp³-hybridized carbons (Fsp3) is 0.267. The number of nitrogens with one attached hydrogen (secondary N) is 1. The number of benzene rings is 1. The minimum atomic E-state index is -0.232. The number of likely N-dealkylation sites (N-methyl/N-ethyl adjacent to an activating group) is 1. The fourth-order valence-electron chi connectivity index (χ4n) is 2.03. The molecule has 0 amide bonds. The van der Waals surface area contributed by atoms with E-state index >= 15 is 0 Å². The van der Waals surface area contributed by atoms with Gasteiger partial charge in [0.1, 0.15) is 5.82 Å². The zero-order valence-electron chi connectivity index (χ0n) is 11.0. The van der Waals surface area contributed by atoms with Crippen LogP contribution in [0, 0.1) is 12.7 Å². The summed E-state index contributed by atoms with van der Waals surface area (Å²) in [4.78, 5) is 4.39. The molecule has 0 aliphatic rings. The van der Waals surface area contributed by atoms with Gasteiger partial charge < -0.3 is 5.32 Å². The molecule has 1 heterocycles. The Balaban J connectivity index is 2.26. The van der Waals surface area contributed by atoms with Crippen molar-refractivity contribution in [1.29, 1.82) is 0 Å². The van der Waals surface area contributed by atoms with E-state index in [9.17, 15) is 4.39 Å². The summed E-state index contributed by atoms with van der Waals surface area (Å²) < 4.78 is 14.0. The Morgan fingerprint density at radius 3 is 2.84 bits per heavy atom. The first kappa shape index (κ1) is 14.2. The summed E-state index contributed by atoms with van der Waals surface area (Å²) >= 11 is 3.30. The Labute approximate surface area is 121 Å². The normalized spacial score (nSPS) is 12.4.